The normalized spacial score (nSPS) is 11.5. The molecule has 5 heteroatoms. The molecule has 2 rings (SSSR count). The summed E-state index contributed by atoms with van der Waals surface area (Å²) >= 11 is 12.0. The lowest BCUT2D eigenvalue weighted by atomic mass is 10.1. The number of rotatable bonds is 4. The van der Waals surface area contributed by atoms with Gasteiger partial charge in [-0.3, -0.25) is 4.98 Å². The van der Waals surface area contributed by atoms with Crippen molar-refractivity contribution in [1.29, 1.82) is 0 Å². The number of nitrogens with zero attached hydrogens (tertiary/aromatic N) is 1. The second-order valence-corrected chi connectivity index (χ2v) is 6.61. The van der Waals surface area contributed by atoms with E-state index in [1.165, 1.54) is 0 Å². The Morgan fingerprint density at radius 3 is 2.57 bits per heavy atom. The van der Waals surface area contributed by atoms with Gasteiger partial charge in [0, 0.05) is 29.4 Å². The van der Waals surface area contributed by atoms with Gasteiger partial charge in [0.15, 0.2) is 0 Å². The SMILES string of the molecule is CC(C)(C)NCc1cc(Oc2ccc(Cl)cc2Cl)ccn1. The molecular formula is C16H18Cl2N2O. The van der Waals surface area contributed by atoms with Crippen LogP contribution in [0.25, 0.3) is 0 Å². The first-order valence-corrected chi connectivity index (χ1v) is 7.42. The fraction of sp³-hybridized carbons (Fsp3) is 0.312. The molecule has 1 aromatic carbocycles. The van der Waals surface area contributed by atoms with Crippen LogP contribution >= 0.6 is 23.2 Å². The summed E-state index contributed by atoms with van der Waals surface area (Å²) in [7, 11) is 0. The van der Waals surface area contributed by atoms with Crippen LogP contribution in [-0.2, 0) is 6.54 Å². The fourth-order valence-electron chi connectivity index (χ4n) is 1.66. The van der Waals surface area contributed by atoms with Gasteiger partial charge in [0.2, 0.25) is 0 Å². The highest BCUT2D eigenvalue weighted by Gasteiger charge is 2.10. The zero-order valence-electron chi connectivity index (χ0n) is 12.3. The molecule has 1 aromatic heterocycles. The third kappa shape index (κ3) is 5.20. The molecule has 0 saturated carbocycles. The monoisotopic (exact) mass is 324 g/mol. The Morgan fingerprint density at radius 1 is 1.14 bits per heavy atom. The first-order chi connectivity index (χ1) is 9.83. The van der Waals surface area contributed by atoms with Gasteiger partial charge in [-0.25, -0.2) is 0 Å². The van der Waals surface area contributed by atoms with Crippen molar-refractivity contribution in [2.45, 2.75) is 32.9 Å². The Hall–Kier alpha value is -1.29. The number of aromatic nitrogens is 1. The van der Waals surface area contributed by atoms with Crippen molar-refractivity contribution in [3.63, 3.8) is 0 Å². The van der Waals surface area contributed by atoms with Gasteiger partial charge in [0.05, 0.1) is 10.7 Å². The summed E-state index contributed by atoms with van der Waals surface area (Å²) < 4.78 is 5.78. The summed E-state index contributed by atoms with van der Waals surface area (Å²) in [6, 6.07) is 8.83. The molecule has 0 saturated heterocycles. The zero-order chi connectivity index (χ0) is 15.5. The third-order valence-corrected chi connectivity index (χ3v) is 3.24. The lowest BCUT2D eigenvalue weighted by molar-refractivity contribution is 0.419. The molecule has 0 atom stereocenters. The summed E-state index contributed by atoms with van der Waals surface area (Å²) in [5.74, 6) is 1.27. The van der Waals surface area contributed by atoms with Gasteiger partial charge < -0.3 is 10.1 Å². The van der Waals surface area contributed by atoms with E-state index in [1.807, 2.05) is 6.07 Å². The van der Waals surface area contributed by atoms with Crippen molar-refractivity contribution in [3.8, 4) is 11.5 Å². The maximum Gasteiger partial charge on any atom is 0.146 e. The van der Waals surface area contributed by atoms with Gasteiger partial charge in [-0.15, -0.1) is 0 Å². The molecule has 0 aliphatic rings. The molecule has 0 unspecified atom stereocenters. The van der Waals surface area contributed by atoms with Crippen molar-refractivity contribution >= 4 is 23.2 Å². The highest BCUT2D eigenvalue weighted by atomic mass is 35.5. The number of ether oxygens (including phenoxy) is 1. The van der Waals surface area contributed by atoms with Gasteiger partial charge >= 0.3 is 0 Å². The molecule has 0 bridgehead atoms. The summed E-state index contributed by atoms with van der Waals surface area (Å²) in [5, 5.41) is 4.45. The highest BCUT2D eigenvalue weighted by molar-refractivity contribution is 6.35. The van der Waals surface area contributed by atoms with Gasteiger partial charge in [0.1, 0.15) is 11.5 Å². The van der Waals surface area contributed by atoms with Crippen molar-refractivity contribution in [2.75, 3.05) is 0 Å². The molecular weight excluding hydrogens is 307 g/mol. The van der Waals surface area contributed by atoms with Crippen molar-refractivity contribution in [1.82, 2.24) is 10.3 Å². The standard InChI is InChI=1S/C16H18Cl2N2O/c1-16(2,3)20-10-12-9-13(6-7-19-12)21-15-5-4-11(17)8-14(15)18/h4-9,20H,10H2,1-3H3. The molecule has 0 radical (unpaired) electrons. The second kappa shape index (κ2) is 6.65. The van der Waals surface area contributed by atoms with Gasteiger partial charge in [-0.1, -0.05) is 23.2 Å². The topological polar surface area (TPSA) is 34.1 Å². The average molecular weight is 325 g/mol. The lowest BCUT2D eigenvalue weighted by Gasteiger charge is -2.20. The predicted molar refractivity (Wildman–Crippen MR) is 87.4 cm³/mol. The maximum atomic E-state index is 6.10. The minimum absolute atomic E-state index is 0.0397. The first-order valence-electron chi connectivity index (χ1n) is 6.66. The molecule has 3 nitrogen and oxygen atoms in total. The molecule has 0 aliphatic heterocycles. The van der Waals surface area contributed by atoms with E-state index in [0.29, 0.717) is 28.1 Å². The van der Waals surface area contributed by atoms with E-state index in [9.17, 15) is 0 Å². The predicted octanol–water partition coefficient (Wildman–Crippen LogP) is 5.07. The van der Waals surface area contributed by atoms with E-state index < -0.39 is 0 Å². The molecule has 0 aliphatic carbocycles. The Balaban J connectivity index is 2.10. The Morgan fingerprint density at radius 2 is 1.90 bits per heavy atom. The van der Waals surface area contributed by atoms with E-state index in [1.54, 1.807) is 30.5 Å². The van der Waals surface area contributed by atoms with Crippen LogP contribution in [0.3, 0.4) is 0 Å². The molecule has 21 heavy (non-hydrogen) atoms. The quantitative estimate of drug-likeness (QED) is 0.852. The van der Waals surface area contributed by atoms with Crippen LogP contribution in [0.4, 0.5) is 0 Å². The molecule has 2 aromatic rings. The third-order valence-electron chi connectivity index (χ3n) is 2.71. The number of hydrogen-bond donors (Lipinski definition) is 1. The van der Waals surface area contributed by atoms with E-state index in [0.717, 1.165) is 5.69 Å². The second-order valence-electron chi connectivity index (χ2n) is 5.76. The summed E-state index contributed by atoms with van der Waals surface area (Å²) in [4.78, 5) is 4.32. The summed E-state index contributed by atoms with van der Waals surface area (Å²) in [6.07, 6.45) is 1.72. The number of hydrogen-bond acceptors (Lipinski definition) is 3. The summed E-state index contributed by atoms with van der Waals surface area (Å²) in [6.45, 7) is 7.01. The molecule has 0 fully saturated rings. The largest absolute Gasteiger partial charge is 0.456 e. The van der Waals surface area contributed by atoms with Crippen molar-refractivity contribution in [2.24, 2.45) is 0 Å². The van der Waals surface area contributed by atoms with E-state index in [2.05, 4.69) is 31.1 Å². The molecule has 0 amide bonds. The van der Waals surface area contributed by atoms with Crippen molar-refractivity contribution in [3.05, 3.63) is 52.3 Å². The number of benzene rings is 1. The van der Waals surface area contributed by atoms with Crippen LogP contribution in [0.5, 0.6) is 11.5 Å². The smallest absolute Gasteiger partial charge is 0.146 e. The lowest BCUT2D eigenvalue weighted by Crippen LogP contribution is -2.35. The molecule has 112 valence electrons. The number of nitrogens with one attached hydrogen (secondary N) is 1. The minimum Gasteiger partial charge on any atom is -0.456 e. The fourth-order valence-corrected chi connectivity index (χ4v) is 2.10. The van der Waals surface area contributed by atoms with E-state index in [4.69, 9.17) is 27.9 Å². The molecule has 0 spiro atoms. The number of halogens is 2. The van der Waals surface area contributed by atoms with Crippen LogP contribution < -0.4 is 10.1 Å². The number of pyridine rings is 1. The van der Waals surface area contributed by atoms with E-state index >= 15 is 0 Å². The Bertz CT molecular complexity index is 624. The van der Waals surface area contributed by atoms with Crippen LogP contribution in [0.15, 0.2) is 36.5 Å². The highest BCUT2D eigenvalue weighted by Crippen LogP contribution is 2.31. The first kappa shape index (κ1) is 16.1. The maximum absolute atomic E-state index is 6.10. The summed E-state index contributed by atoms with van der Waals surface area (Å²) in [5.41, 5.74) is 0.949. The van der Waals surface area contributed by atoms with Crippen molar-refractivity contribution < 1.29 is 4.74 Å². The zero-order valence-corrected chi connectivity index (χ0v) is 13.8. The van der Waals surface area contributed by atoms with Crippen LogP contribution in [0.2, 0.25) is 10.0 Å². The Labute approximate surface area is 135 Å². The molecule has 1 heterocycles. The van der Waals surface area contributed by atoms with Crippen LogP contribution in [0.1, 0.15) is 26.5 Å². The minimum atomic E-state index is 0.0397. The average Bonchev–Trinajstić information content (AvgIpc) is 2.39. The van der Waals surface area contributed by atoms with Gasteiger partial charge in [-0.05, 0) is 45.0 Å². The van der Waals surface area contributed by atoms with Crippen LogP contribution in [-0.4, -0.2) is 10.5 Å². The van der Waals surface area contributed by atoms with Gasteiger partial charge in [-0.2, -0.15) is 0 Å². The Kier molecular flexibility index (Phi) is 5.09. The van der Waals surface area contributed by atoms with E-state index in [-0.39, 0.29) is 5.54 Å². The van der Waals surface area contributed by atoms with Gasteiger partial charge in [0.25, 0.3) is 0 Å². The molecule has 1 N–H and O–H groups in total. The van der Waals surface area contributed by atoms with Crippen LogP contribution in [0, 0.1) is 0 Å².